The van der Waals surface area contributed by atoms with Crippen LogP contribution in [0.4, 0.5) is 18.3 Å². The van der Waals surface area contributed by atoms with Gasteiger partial charge in [0.25, 0.3) is 0 Å². The Hall–Kier alpha value is -1.02. The minimum atomic E-state index is -4.12. The van der Waals surface area contributed by atoms with Crippen LogP contribution in [0.5, 0.6) is 0 Å². The molecule has 0 aromatic carbocycles. The van der Waals surface area contributed by atoms with E-state index in [2.05, 4.69) is 15.0 Å². The number of anilines is 1. The zero-order valence-corrected chi connectivity index (χ0v) is 11.6. The molecular formula is C10H12ClF3N2O2S. The topological polar surface area (TPSA) is 51.2 Å². The van der Waals surface area contributed by atoms with Gasteiger partial charge in [-0.25, -0.2) is 9.78 Å². The van der Waals surface area contributed by atoms with Crippen molar-refractivity contribution in [3.8, 4) is 0 Å². The Balaban J connectivity index is 2.36. The summed E-state index contributed by atoms with van der Waals surface area (Å²) in [5.41, 5.74) is 0. The molecule has 0 saturated heterocycles. The molecule has 0 fully saturated rings. The zero-order chi connectivity index (χ0) is 14.5. The van der Waals surface area contributed by atoms with E-state index in [0.717, 1.165) is 11.3 Å². The van der Waals surface area contributed by atoms with Gasteiger partial charge >= 0.3 is 12.1 Å². The molecule has 0 radical (unpaired) electrons. The first-order chi connectivity index (χ1) is 8.83. The highest BCUT2D eigenvalue weighted by Crippen LogP contribution is 2.27. The molecule has 9 heteroatoms. The molecule has 19 heavy (non-hydrogen) atoms. The molecule has 0 aliphatic heterocycles. The van der Waals surface area contributed by atoms with Crippen LogP contribution in [-0.2, 0) is 4.74 Å². The van der Waals surface area contributed by atoms with Gasteiger partial charge in [0.1, 0.15) is 0 Å². The molecule has 0 unspecified atom stereocenters. The number of unbranched alkanes of at least 4 members (excludes halogenated alkanes) is 1. The maximum absolute atomic E-state index is 11.9. The summed E-state index contributed by atoms with van der Waals surface area (Å²) in [5.74, 6) is -0.590. The summed E-state index contributed by atoms with van der Waals surface area (Å²) in [6.07, 6.45) is -4.53. The number of hydrogen-bond donors (Lipinski definition) is 1. The number of carbonyl (C=O) groups excluding carboxylic acids is 1. The van der Waals surface area contributed by atoms with Crippen molar-refractivity contribution in [1.29, 1.82) is 0 Å². The SMILES string of the molecule is COC(=O)c1sc(NCCCCC(F)(F)F)nc1Cl. The van der Waals surface area contributed by atoms with Crippen LogP contribution in [0.25, 0.3) is 0 Å². The predicted molar refractivity (Wildman–Crippen MR) is 66.9 cm³/mol. The fraction of sp³-hybridized carbons (Fsp3) is 0.600. The molecule has 1 heterocycles. The number of thiazole rings is 1. The number of alkyl halides is 3. The van der Waals surface area contributed by atoms with Crippen LogP contribution in [-0.4, -0.2) is 30.8 Å². The fourth-order valence-electron chi connectivity index (χ4n) is 1.24. The average Bonchev–Trinajstić information content (AvgIpc) is 2.67. The molecule has 0 saturated carbocycles. The third-order valence-electron chi connectivity index (χ3n) is 2.12. The largest absolute Gasteiger partial charge is 0.465 e. The average molecular weight is 317 g/mol. The van der Waals surface area contributed by atoms with Crippen molar-refractivity contribution in [2.24, 2.45) is 0 Å². The molecule has 0 amide bonds. The monoisotopic (exact) mass is 316 g/mol. The summed E-state index contributed by atoms with van der Waals surface area (Å²) in [5, 5.41) is 3.23. The lowest BCUT2D eigenvalue weighted by Gasteiger charge is -2.05. The summed E-state index contributed by atoms with van der Waals surface area (Å²) in [7, 11) is 1.22. The van der Waals surface area contributed by atoms with Crippen LogP contribution < -0.4 is 5.32 Å². The Morgan fingerprint density at radius 1 is 1.47 bits per heavy atom. The maximum atomic E-state index is 11.9. The highest BCUT2D eigenvalue weighted by atomic mass is 35.5. The van der Waals surface area contributed by atoms with Gasteiger partial charge in [-0.2, -0.15) is 13.2 Å². The van der Waals surface area contributed by atoms with Gasteiger partial charge in [-0.05, 0) is 12.8 Å². The number of halogens is 4. The van der Waals surface area contributed by atoms with Crippen molar-refractivity contribution >= 4 is 34.0 Å². The van der Waals surface area contributed by atoms with E-state index in [0.29, 0.717) is 18.1 Å². The van der Waals surface area contributed by atoms with E-state index in [9.17, 15) is 18.0 Å². The molecule has 0 aliphatic carbocycles. The van der Waals surface area contributed by atoms with Crippen LogP contribution in [0.1, 0.15) is 28.9 Å². The molecule has 0 atom stereocenters. The third kappa shape index (κ3) is 5.65. The van der Waals surface area contributed by atoms with Gasteiger partial charge < -0.3 is 10.1 Å². The normalized spacial score (nSPS) is 11.4. The van der Waals surface area contributed by atoms with Gasteiger partial charge in [-0.3, -0.25) is 0 Å². The Bertz CT molecular complexity index is 437. The molecule has 1 aromatic rings. The molecule has 0 aliphatic rings. The first-order valence-corrected chi connectivity index (χ1v) is 6.58. The second-order valence-electron chi connectivity index (χ2n) is 3.63. The molecule has 4 nitrogen and oxygen atoms in total. The smallest absolute Gasteiger partial charge is 0.389 e. The van der Waals surface area contributed by atoms with E-state index in [4.69, 9.17) is 11.6 Å². The molecule has 0 bridgehead atoms. The predicted octanol–water partition coefficient (Wildman–Crippen LogP) is 3.73. The number of nitrogens with zero attached hydrogens (tertiary/aromatic N) is 1. The van der Waals surface area contributed by atoms with Crippen molar-refractivity contribution in [3.63, 3.8) is 0 Å². The highest BCUT2D eigenvalue weighted by molar-refractivity contribution is 7.18. The van der Waals surface area contributed by atoms with E-state index >= 15 is 0 Å². The lowest BCUT2D eigenvalue weighted by molar-refractivity contribution is -0.135. The Morgan fingerprint density at radius 3 is 2.74 bits per heavy atom. The number of hydrogen-bond acceptors (Lipinski definition) is 5. The number of aromatic nitrogens is 1. The molecule has 1 N–H and O–H groups in total. The highest BCUT2D eigenvalue weighted by Gasteiger charge is 2.25. The van der Waals surface area contributed by atoms with E-state index in [1.54, 1.807) is 0 Å². The van der Waals surface area contributed by atoms with Gasteiger partial charge in [0, 0.05) is 13.0 Å². The number of ether oxygens (including phenoxy) is 1. The van der Waals surface area contributed by atoms with Crippen molar-refractivity contribution in [1.82, 2.24) is 4.98 Å². The summed E-state index contributed by atoms with van der Waals surface area (Å²) < 4.78 is 40.2. The van der Waals surface area contributed by atoms with Crippen molar-refractivity contribution in [2.45, 2.75) is 25.4 Å². The standard InChI is InChI=1S/C10H12ClF3N2O2S/c1-18-8(17)6-7(11)16-9(19-6)15-5-3-2-4-10(12,13)14/h2-5H2,1H3,(H,15,16). The first kappa shape index (κ1) is 16.0. The molecule has 1 rings (SSSR count). The minimum Gasteiger partial charge on any atom is -0.465 e. The van der Waals surface area contributed by atoms with Crippen LogP contribution in [0.2, 0.25) is 5.15 Å². The quantitative estimate of drug-likeness (QED) is 0.642. The van der Waals surface area contributed by atoms with E-state index in [1.165, 1.54) is 7.11 Å². The van der Waals surface area contributed by atoms with Crippen molar-refractivity contribution < 1.29 is 22.7 Å². The van der Waals surface area contributed by atoms with Crippen LogP contribution in [0, 0.1) is 0 Å². The molecule has 1 aromatic heterocycles. The van der Waals surface area contributed by atoms with Crippen LogP contribution >= 0.6 is 22.9 Å². The number of esters is 1. The lowest BCUT2D eigenvalue weighted by Crippen LogP contribution is -2.08. The third-order valence-corrected chi connectivity index (χ3v) is 3.50. The van der Waals surface area contributed by atoms with Gasteiger partial charge in [0.05, 0.1) is 7.11 Å². The second kappa shape index (κ2) is 6.95. The van der Waals surface area contributed by atoms with Crippen molar-refractivity contribution in [2.75, 3.05) is 19.0 Å². The summed E-state index contributed by atoms with van der Waals surface area (Å²) in [6, 6.07) is 0. The number of rotatable bonds is 6. The van der Waals surface area contributed by atoms with Gasteiger partial charge in [-0.1, -0.05) is 22.9 Å². The van der Waals surface area contributed by atoms with Crippen LogP contribution in [0.3, 0.4) is 0 Å². The number of carbonyl (C=O) groups is 1. The number of nitrogens with one attached hydrogen (secondary N) is 1. The van der Waals surface area contributed by atoms with E-state index in [-0.39, 0.29) is 16.5 Å². The lowest BCUT2D eigenvalue weighted by atomic mass is 10.2. The fourth-order valence-corrected chi connectivity index (χ4v) is 2.37. The Morgan fingerprint density at radius 2 is 2.16 bits per heavy atom. The second-order valence-corrected chi connectivity index (χ2v) is 4.99. The first-order valence-electron chi connectivity index (χ1n) is 5.38. The van der Waals surface area contributed by atoms with Gasteiger partial charge in [0.2, 0.25) is 0 Å². The zero-order valence-electron chi connectivity index (χ0n) is 10.0. The maximum Gasteiger partial charge on any atom is 0.389 e. The Kier molecular flexibility index (Phi) is 5.86. The molecular weight excluding hydrogens is 305 g/mol. The Labute approximate surface area is 116 Å². The summed E-state index contributed by atoms with van der Waals surface area (Å²) >= 11 is 6.73. The molecule has 0 spiro atoms. The van der Waals surface area contributed by atoms with Gasteiger partial charge in [0.15, 0.2) is 15.2 Å². The van der Waals surface area contributed by atoms with Crippen molar-refractivity contribution in [3.05, 3.63) is 10.0 Å². The van der Waals surface area contributed by atoms with Gasteiger partial charge in [-0.15, -0.1) is 0 Å². The van der Waals surface area contributed by atoms with E-state index < -0.39 is 18.6 Å². The molecule has 108 valence electrons. The summed E-state index contributed by atoms with van der Waals surface area (Å²) in [6.45, 7) is 0.334. The minimum absolute atomic E-state index is 0.0228. The van der Waals surface area contributed by atoms with Crippen LogP contribution in [0.15, 0.2) is 0 Å². The summed E-state index contributed by atoms with van der Waals surface area (Å²) in [4.78, 5) is 15.3. The number of methoxy groups -OCH3 is 1. The van der Waals surface area contributed by atoms with E-state index in [1.807, 2.05) is 0 Å².